The number of nitrogen functional groups attached to an aromatic ring is 2. The molecule has 0 fully saturated rings. The zero-order chi connectivity index (χ0) is 22.8. The molecule has 0 atom stereocenters. The minimum absolute atomic E-state index is 0.194. The van der Waals surface area contributed by atoms with E-state index in [0.717, 1.165) is 11.1 Å². The van der Waals surface area contributed by atoms with E-state index in [2.05, 4.69) is 10.3 Å². The molecule has 2 aromatic rings. The van der Waals surface area contributed by atoms with Crippen molar-refractivity contribution in [3.8, 4) is 0 Å². The summed E-state index contributed by atoms with van der Waals surface area (Å²) < 4.78 is 9.99. The molecule has 4 N–H and O–H groups in total. The lowest BCUT2D eigenvalue weighted by Crippen LogP contribution is -2.39. The fraction of sp³-hybridized carbons (Fsp3) is 0.400. The van der Waals surface area contributed by atoms with E-state index in [1.807, 2.05) is 12.2 Å². The summed E-state index contributed by atoms with van der Waals surface area (Å²) in [4.78, 5) is 35.1. The molecule has 0 saturated carbocycles. The third-order valence-corrected chi connectivity index (χ3v) is 5.24. The van der Waals surface area contributed by atoms with Gasteiger partial charge in [0.2, 0.25) is 11.8 Å². The normalized spacial score (nSPS) is 17.6. The summed E-state index contributed by atoms with van der Waals surface area (Å²) in [5, 5.41) is 10.4. The highest BCUT2D eigenvalue weighted by atomic mass is 16.8. The molecule has 170 valence electrons. The number of hydrogen-bond acceptors (Lipinski definition) is 12. The van der Waals surface area contributed by atoms with Crippen LogP contribution in [0.15, 0.2) is 21.2 Å². The van der Waals surface area contributed by atoms with Crippen LogP contribution in [0.4, 0.5) is 11.8 Å². The van der Waals surface area contributed by atoms with E-state index < -0.39 is 11.9 Å². The fourth-order valence-electron chi connectivity index (χ4n) is 3.82. The molecule has 0 spiro atoms. The van der Waals surface area contributed by atoms with Gasteiger partial charge in [0.05, 0.1) is 35.6 Å². The molecule has 12 nitrogen and oxygen atoms in total. The number of nitrogens with two attached hydrogens (primary N) is 2. The minimum Gasteiger partial charge on any atom is -0.367 e. The second-order valence-electron chi connectivity index (χ2n) is 7.54. The van der Waals surface area contributed by atoms with E-state index in [1.165, 1.54) is 10.1 Å². The van der Waals surface area contributed by atoms with Crippen molar-refractivity contribution in [1.29, 1.82) is 0 Å². The summed E-state index contributed by atoms with van der Waals surface area (Å²) in [6.45, 7) is 4.88. The van der Waals surface area contributed by atoms with Crippen LogP contribution in [-0.4, -0.2) is 58.6 Å². The van der Waals surface area contributed by atoms with Gasteiger partial charge >= 0.3 is 11.9 Å². The number of carbonyl (C=O) groups is 2. The molecule has 0 unspecified atom stereocenters. The molecule has 0 aliphatic carbocycles. The Bertz CT molecular complexity index is 975. The molecular weight excluding hydrogens is 420 g/mol. The third kappa shape index (κ3) is 4.36. The van der Waals surface area contributed by atoms with Crippen molar-refractivity contribution in [2.24, 2.45) is 0 Å². The van der Waals surface area contributed by atoms with Gasteiger partial charge in [-0.15, -0.1) is 10.1 Å². The molecule has 0 aromatic carbocycles. The first-order chi connectivity index (χ1) is 15.3. The Kier molecular flexibility index (Phi) is 5.97. The number of nitrogens with zero attached hydrogens (tertiary/aromatic N) is 4. The molecule has 12 heteroatoms. The van der Waals surface area contributed by atoms with Crippen LogP contribution in [0.2, 0.25) is 0 Å². The van der Waals surface area contributed by atoms with Crippen molar-refractivity contribution >= 4 is 34.9 Å². The molecule has 2 aliphatic rings. The van der Waals surface area contributed by atoms with Crippen LogP contribution in [-0.2, 0) is 19.3 Å². The summed E-state index contributed by atoms with van der Waals surface area (Å²) in [7, 11) is 0. The standard InChI is InChI=1S/C20H24N6O6/c1-11-15(17(21)29-23-11)13-5-3-7-25(9-13)31-19(27)20(28)32-26-8-4-6-14(10-26)16-12(2)24-30-18(16)22/h5-6H,3-4,7-10,21-22H2,1-2H3. The Morgan fingerprint density at radius 2 is 1.25 bits per heavy atom. The van der Waals surface area contributed by atoms with Crippen LogP contribution < -0.4 is 11.5 Å². The number of carbonyl (C=O) groups excluding carboxylic acids is 2. The monoisotopic (exact) mass is 444 g/mol. The van der Waals surface area contributed by atoms with E-state index in [4.69, 9.17) is 30.2 Å². The van der Waals surface area contributed by atoms with E-state index >= 15 is 0 Å². The predicted molar refractivity (Wildman–Crippen MR) is 112 cm³/mol. The lowest BCUT2D eigenvalue weighted by atomic mass is 10.0. The van der Waals surface area contributed by atoms with Gasteiger partial charge in [-0.25, -0.2) is 9.59 Å². The van der Waals surface area contributed by atoms with Crippen molar-refractivity contribution in [3.63, 3.8) is 0 Å². The quantitative estimate of drug-likeness (QED) is 0.649. The summed E-state index contributed by atoms with van der Waals surface area (Å²) in [5.41, 5.74) is 15.9. The number of hydroxylamine groups is 4. The maximum Gasteiger partial charge on any atom is 0.438 e. The van der Waals surface area contributed by atoms with Gasteiger partial charge in [0.1, 0.15) is 0 Å². The Balaban J connectivity index is 1.33. The van der Waals surface area contributed by atoms with Crippen molar-refractivity contribution in [2.45, 2.75) is 26.7 Å². The first-order valence-corrected chi connectivity index (χ1v) is 10.1. The zero-order valence-electron chi connectivity index (χ0n) is 17.8. The fourth-order valence-corrected chi connectivity index (χ4v) is 3.82. The van der Waals surface area contributed by atoms with Crippen molar-refractivity contribution in [2.75, 3.05) is 37.6 Å². The summed E-state index contributed by atoms with van der Waals surface area (Å²) in [6, 6.07) is 0. The SMILES string of the molecule is Cc1noc(N)c1C1=CCCN(OC(=O)C(=O)ON2CCC=C(c3c(C)noc3N)C2)C1. The van der Waals surface area contributed by atoms with Crippen LogP contribution in [0.25, 0.3) is 11.1 Å². The largest absolute Gasteiger partial charge is 0.438 e. The van der Waals surface area contributed by atoms with Crippen LogP contribution in [0.5, 0.6) is 0 Å². The van der Waals surface area contributed by atoms with E-state index in [9.17, 15) is 9.59 Å². The maximum absolute atomic E-state index is 12.3. The van der Waals surface area contributed by atoms with Crippen LogP contribution in [0.1, 0.15) is 35.4 Å². The average Bonchev–Trinajstić information content (AvgIpc) is 3.28. The molecular formula is C20H24N6O6. The number of aryl methyl sites for hydroxylation is 2. The molecule has 2 aromatic heterocycles. The van der Waals surface area contributed by atoms with Gasteiger partial charge in [-0.1, -0.05) is 22.5 Å². The highest BCUT2D eigenvalue weighted by molar-refractivity contribution is 6.29. The zero-order valence-corrected chi connectivity index (χ0v) is 17.8. The van der Waals surface area contributed by atoms with Gasteiger partial charge in [-0.3, -0.25) is 0 Å². The Labute approximate surface area is 183 Å². The molecule has 0 amide bonds. The maximum atomic E-state index is 12.3. The first kappa shape index (κ1) is 21.6. The average molecular weight is 444 g/mol. The first-order valence-electron chi connectivity index (χ1n) is 10.1. The van der Waals surface area contributed by atoms with Gasteiger partial charge in [0.15, 0.2) is 0 Å². The van der Waals surface area contributed by atoms with E-state index in [1.54, 1.807) is 13.8 Å². The number of anilines is 2. The van der Waals surface area contributed by atoms with Crippen molar-refractivity contribution in [3.05, 3.63) is 34.7 Å². The Morgan fingerprint density at radius 1 is 0.844 bits per heavy atom. The van der Waals surface area contributed by atoms with Gasteiger partial charge in [0.25, 0.3) is 0 Å². The van der Waals surface area contributed by atoms with Crippen LogP contribution in [0.3, 0.4) is 0 Å². The van der Waals surface area contributed by atoms with Gasteiger partial charge in [-0.05, 0) is 37.8 Å². The molecule has 4 rings (SSSR count). The Hall–Kier alpha value is -3.64. The molecule has 4 heterocycles. The third-order valence-electron chi connectivity index (χ3n) is 5.24. The topological polar surface area (TPSA) is 163 Å². The number of hydrogen-bond donors (Lipinski definition) is 2. The summed E-state index contributed by atoms with van der Waals surface area (Å²) in [6.07, 6.45) is 5.14. The van der Waals surface area contributed by atoms with Gasteiger partial charge in [0, 0.05) is 13.1 Å². The predicted octanol–water partition coefficient (Wildman–Crippen LogP) is 1.24. The molecule has 0 radical (unpaired) electrons. The highest BCUT2D eigenvalue weighted by Gasteiger charge is 2.29. The van der Waals surface area contributed by atoms with Crippen molar-refractivity contribution in [1.82, 2.24) is 20.4 Å². The Morgan fingerprint density at radius 3 is 1.59 bits per heavy atom. The van der Waals surface area contributed by atoms with Gasteiger partial charge < -0.3 is 30.2 Å². The number of aromatic nitrogens is 2. The summed E-state index contributed by atoms with van der Waals surface area (Å²) >= 11 is 0. The van der Waals surface area contributed by atoms with E-state index in [0.29, 0.717) is 48.4 Å². The lowest BCUT2D eigenvalue weighted by molar-refractivity contribution is -0.215. The van der Waals surface area contributed by atoms with Crippen LogP contribution in [0, 0.1) is 13.8 Å². The van der Waals surface area contributed by atoms with E-state index in [-0.39, 0.29) is 24.9 Å². The van der Waals surface area contributed by atoms with Gasteiger partial charge in [-0.2, -0.15) is 0 Å². The van der Waals surface area contributed by atoms with Crippen LogP contribution >= 0.6 is 0 Å². The molecule has 0 saturated heterocycles. The second kappa shape index (κ2) is 8.85. The molecule has 32 heavy (non-hydrogen) atoms. The second-order valence-corrected chi connectivity index (χ2v) is 7.54. The lowest BCUT2D eigenvalue weighted by Gasteiger charge is -2.27. The summed E-state index contributed by atoms with van der Waals surface area (Å²) in [5.74, 6) is -1.84. The smallest absolute Gasteiger partial charge is 0.367 e. The molecule has 2 aliphatic heterocycles. The minimum atomic E-state index is -1.11. The van der Waals surface area contributed by atoms with Crippen molar-refractivity contribution < 1.29 is 28.3 Å². The number of rotatable bonds is 4. The molecule has 0 bridgehead atoms. The highest BCUT2D eigenvalue weighted by Crippen LogP contribution is 2.30.